The van der Waals surface area contributed by atoms with Crippen LogP contribution >= 0.6 is 11.3 Å². The van der Waals surface area contributed by atoms with Crippen molar-refractivity contribution in [1.29, 1.82) is 0 Å². The lowest BCUT2D eigenvalue weighted by Crippen LogP contribution is -2.22. The van der Waals surface area contributed by atoms with Gasteiger partial charge in [-0.3, -0.25) is 14.9 Å². The van der Waals surface area contributed by atoms with E-state index >= 15 is 0 Å². The molecule has 3 rings (SSSR count). The number of pyridine rings is 1. The minimum atomic E-state index is -0.317. The molecule has 1 amide bonds. The second kappa shape index (κ2) is 5.69. The molecule has 0 radical (unpaired) electrons. The van der Waals surface area contributed by atoms with Gasteiger partial charge < -0.3 is 9.72 Å². The van der Waals surface area contributed by atoms with Crippen LogP contribution in [0, 0.1) is 6.92 Å². The SMILES string of the molecule is Cc1cc(=O)c(OCC(=O)Nc2nc3c(s2)CCC3)c[nH]1. The van der Waals surface area contributed by atoms with Gasteiger partial charge in [-0.1, -0.05) is 0 Å². The van der Waals surface area contributed by atoms with Crippen molar-refractivity contribution in [2.75, 3.05) is 11.9 Å². The first-order valence-corrected chi connectivity index (χ1v) is 7.54. The summed E-state index contributed by atoms with van der Waals surface area (Å²) in [7, 11) is 0. The second-order valence-corrected chi connectivity index (χ2v) is 6.01. The number of nitrogens with zero attached hydrogens (tertiary/aromatic N) is 1. The van der Waals surface area contributed by atoms with Crippen molar-refractivity contribution in [2.45, 2.75) is 26.2 Å². The maximum Gasteiger partial charge on any atom is 0.264 e. The number of anilines is 1. The van der Waals surface area contributed by atoms with Crippen LogP contribution < -0.4 is 15.5 Å². The Morgan fingerprint density at radius 1 is 1.52 bits per heavy atom. The molecule has 7 heteroatoms. The number of nitrogens with one attached hydrogen (secondary N) is 2. The number of hydrogen-bond donors (Lipinski definition) is 2. The molecule has 2 N–H and O–H groups in total. The van der Waals surface area contributed by atoms with E-state index in [1.165, 1.54) is 28.5 Å². The van der Waals surface area contributed by atoms with Crippen LogP contribution in [0.5, 0.6) is 5.75 Å². The number of aryl methyl sites for hydroxylation is 3. The largest absolute Gasteiger partial charge is 0.478 e. The maximum atomic E-state index is 11.8. The van der Waals surface area contributed by atoms with Gasteiger partial charge in [-0.25, -0.2) is 4.98 Å². The molecule has 1 aliphatic rings. The number of ether oxygens (including phenoxy) is 1. The molecule has 2 aromatic heterocycles. The van der Waals surface area contributed by atoms with Crippen LogP contribution in [0.1, 0.15) is 22.7 Å². The Labute approximate surface area is 125 Å². The Morgan fingerprint density at radius 2 is 2.38 bits per heavy atom. The van der Waals surface area contributed by atoms with Crippen molar-refractivity contribution in [3.05, 3.63) is 38.8 Å². The van der Waals surface area contributed by atoms with Gasteiger partial charge in [-0.15, -0.1) is 11.3 Å². The van der Waals surface area contributed by atoms with E-state index in [1.807, 2.05) is 0 Å². The summed E-state index contributed by atoms with van der Waals surface area (Å²) >= 11 is 1.51. The highest BCUT2D eigenvalue weighted by Crippen LogP contribution is 2.30. The summed E-state index contributed by atoms with van der Waals surface area (Å²) in [6.45, 7) is 1.57. The molecule has 1 aliphatic carbocycles. The molecule has 0 spiro atoms. The fourth-order valence-electron chi connectivity index (χ4n) is 2.22. The second-order valence-electron chi connectivity index (χ2n) is 4.92. The summed E-state index contributed by atoms with van der Waals surface area (Å²) < 4.78 is 5.22. The number of amides is 1. The lowest BCUT2D eigenvalue weighted by Gasteiger charge is -2.05. The van der Waals surface area contributed by atoms with Crippen LogP contribution in [0.25, 0.3) is 0 Å². The first kappa shape index (κ1) is 13.8. The summed E-state index contributed by atoms with van der Waals surface area (Å²) in [5, 5.41) is 3.31. The topological polar surface area (TPSA) is 84.1 Å². The van der Waals surface area contributed by atoms with Gasteiger partial charge >= 0.3 is 0 Å². The number of hydrogen-bond acceptors (Lipinski definition) is 5. The van der Waals surface area contributed by atoms with E-state index in [4.69, 9.17) is 4.74 Å². The number of H-pyrrole nitrogens is 1. The zero-order valence-corrected chi connectivity index (χ0v) is 12.4. The molecule has 6 nitrogen and oxygen atoms in total. The zero-order chi connectivity index (χ0) is 14.8. The van der Waals surface area contributed by atoms with E-state index in [-0.39, 0.29) is 23.7 Å². The highest BCUT2D eigenvalue weighted by molar-refractivity contribution is 7.15. The molecule has 0 unspecified atom stereocenters. The molecule has 0 fully saturated rings. The fraction of sp³-hybridized carbons (Fsp3) is 0.357. The Balaban J connectivity index is 1.57. The van der Waals surface area contributed by atoms with E-state index < -0.39 is 0 Å². The third-order valence-electron chi connectivity index (χ3n) is 3.22. The molecule has 2 heterocycles. The van der Waals surface area contributed by atoms with Crippen LogP contribution in [0.15, 0.2) is 17.1 Å². The van der Waals surface area contributed by atoms with Crippen LogP contribution in [0.2, 0.25) is 0 Å². The lowest BCUT2D eigenvalue weighted by atomic mass is 10.3. The first-order chi connectivity index (χ1) is 10.1. The van der Waals surface area contributed by atoms with Crippen molar-refractivity contribution in [2.24, 2.45) is 0 Å². The molecule has 0 aliphatic heterocycles. The minimum absolute atomic E-state index is 0.136. The van der Waals surface area contributed by atoms with Crippen LogP contribution in [-0.4, -0.2) is 22.5 Å². The third-order valence-corrected chi connectivity index (χ3v) is 4.30. The summed E-state index contributed by atoms with van der Waals surface area (Å²) in [4.78, 5) is 31.9. The Kier molecular flexibility index (Phi) is 3.74. The van der Waals surface area contributed by atoms with E-state index in [9.17, 15) is 9.59 Å². The van der Waals surface area contributed by atoms with Crippen molar-refractivity contribution >= 4 is 22.4 Å². The average molecular weight is 305 g/mol. The fourth-order valence-corrected chi connectivity index (χ4v) is 3.28. The van der Waals surface area contributed by atoms with Crippen molar-refractivity contribution in [3.8, 4) is 5.75 Å². The molecular weight excluding hydrogens is 290 g/mol. The van der Waals surface area contributed by atoms with Gasteiger partial charge in [0.1, 0.15) is 0 Å². The highest BCUT2D eigenvalue weighted by Gasteiger charge is 2.17. The summed E-state index contributed by atoms with van der Waals surface area (Å²) in [6.07, 6.45) is 4.62. The van der Waals surface area contributed by atoms with Crippen LogP contribution in [0.4, 0.5) is 5.13 Å². The summed E-state index contributed by atoms with van der Waals surface area (Å²) in [5.74, 6) is -0.181. The zero-order valence-electron chi connectivity index (χ0n) is 11.6. The van der Waals surface area contributed by atoms with Gasteiger partial charge in [0.05, 0.1) is 5.69 Å². The Hall–Kier alpha value is -2.15. The number of carbonyl (C=O) groups excluding carboxylic acids is 1. The first-order valence-electron chi connectivity index (χ1n) is 6.72. The quantitative estimate of drug-likeness (QED) is 0.899. The van der Waals surface area contributed by atoms with Gasteiger partial charge in [0.25, 0.3) is 5.91 Å². The lowest BCUT2D eigenvalue weighted by molar-refractivity contribution is -0.118. The van der Waals surface area contributed by atoms with E-state index in [2.05, 4.69) is 15.3 Å². The number of fused-ring (bicyclic) bond motifs is 1. The summed E-state index contributed by atoms with van der Waals surface area (Å²) in [6, 6.07) is 1.43. The van der Waals surface area contributed by atoms with Crippen molar-refractivity contribution in [1.82, 2.24) is 9.97 Å². The predicted molar refractivity (Wildman–Crippen MR) is 80.1 cm³/mol. The minimum Gasteiger partial charge on any atom is -0.478 e. The Morgan fingerprint density at radius 3 is 3.14 bits per heavy atom. The van der Waals surface area contributed by atoms with E-state index in [0.717, 1.165) is 30.7 Å². The standard InChI is InChI=1S/C14H15N3O3S/c1-8-5-10(18)11(6-15-8)20-7-13(19)17-14-16-9-3-2-4-12(9)21-14/h5-6H,2-4,7H2,1H3,(H,15,18)(H,16,17,19). The molecular formula is C14H15N3O3S. The molecule has 2 aromatic rings. The monoisotopic (exact) mass is 305 g/mol. The van der Waals surface area contributed by atoms with Crippen LogP contribution in [-0.2, 0) is 17.6 Å². The molecule has 21 heavy (non-hydrogen) atoms. The average Bonchev–Trinajstić information content (AvgIpc) is 2.98. The molecule has 0 saturated carbocycles. The molecule has 0 atom stereocenters. The van der Waals surface area contributed by atoms with E-state index in [0.29, 0.717) is 5.13 Å². The Bertz CT molecular complexity index is 714. The molecule has 0 saturated heterocycles. The van der Waals surface area contributed by atoms with Crippen molar-refractivity contribution in [3.63, 3.8) is 0 Å². The van der Waals surface area contributed by atoms with Crippen LogP contribution in [0.3, 0.4) is 0 Å². The van der Waals surface area contributed by atoms with Gasteiger partial charge in [-0.2, -0.15) is 0 Å². The number of aromatic nitrogens is 2. The van der Waals surface area contributed by atoms with Gasteiger partial charge in [0.15, 0.2) is 17.5 Å². The van der Waals surface area contributed by atoms with Gasteiger partial charge in [-0.05, 0) is 26.2 Å². The number of thiazole rings is 1. The summed E-state index contributed by atoms with van der Waals surface area (Å²) in [5.41, 5.74) is 1.59. The van der Waals surface area contributed by atoms with Gasteiger partial charge in [0, 0.05) is 22.8 Å². The highest BCUT2D eigenvalue weighted by atomic mass is 32.1. The predicted octanol–water partition coefficient (Wildman–Crippen LogP) is 1.65. The maximum absolute atomic E-state index is 11.8. The van der Waals surface area contributed by atoms with Gasteiger partial charge in [0.2, 0.25) is 5.43 Å². The smallest absolute Gasteiger partial charge is 0.264 e. The third kappa shape index (κ3) is 3.13. The number of carbonyl (C=O) groups is 1. The molecule has 110 valence electrons. The number of rotatable bonds is 4. The number of aromatic amines is 1. The molecule has 0 bridgehead atoms. The normalized spacial score (nSPS) is 13.0. The molecule has 0 aromatic carbocycles. The van der Waals surface area contributed by atoms with Crippen molar-refractivity contribution < 1.29 is 9.53 Å². The van der Waals surface area contributed by atoms with E-state index in [1.54, 1.807) is 6.92 Å².